The number of benzene rings is 3. The minimum Gasteiger partial charge on any atom is -0.322 e. The number of nitro groups is 1. The molecule has 8 nitrogen and oxygen atoms in total. The highest BCUT2D eigenvalue weighted by Gasteiger charge is 2.21. The van der Waals surface area contributed by atoms with Gasteiger partial charge in [-0.3, -0.25) is 19.2 Å². The number of nitrogens with zero attached hydrogens (tertiary/aromatic N) is 2. The number of carbonyl (C=O) groups excluding carboxylic acids is 1. The topological polar surface area (TPSA) is 110 Å². The molecule has 0 spiro atoms. The van der Waals surface area contributed by atoms with Crippen LogP contribution in [0.5, 0.6) is 0 Å². The summed E-state index contributed by atoms with van der Waals surface area (Å²) in [5, 5.41) is 13.4. The van der Waals surface area contributed by atoms with Crippen LogP contribution in [0.3, 0.4) is 0 Å². The number of hydrogen-bond acceptors (Lipinski definition) is 5. The van der Waals surface area contributed by atoms with Gasteiger partial charge in [-0.25, -0.2) is 8.42 Å². The Morgan fingerprint density at radius 3 is 2.42 bits per heavy atom. The molecule has 0 aliphatic carbocycles. The van der Waals surface area contributed by atoms with Crippen LogP contribution in [0.25, 0.3) is 6.08 Å². The van der Waals surface area contributed by atoms with Gasteiger partial charge >= 0.3 is 0 Å². The van der Waals surface area contributed by atoms with Crippen LogP contribution >= 0.6 is 0 Å². The molecule has 0 bridgehead atoms. The van der Waals surface area contributed by atoms with Gasteiger partial charge in [-0.05, 0) is 42.0 Å². The molecule has 3 aromatic carbocycles. The summed E-state index contributed by atoms with van der Waals surface area (Å²) in [6.07, 6.45) is 2.66. The number of nitrogens with one attached hydrogen (secondary N) is 1. The van der Waals surface area contributed by atoms with Gasteiger partial charge in [0, 0.05) is 30.9 Å². The lowest BCUT2D eigenvalue weighted by Crippen LogP contribution is -2.26. The fraction of sp³-hybridized carbons (Fsp3) is 0.0455. The number of carbonyl (C=O) groups is 1. The van der Waals surface area contributed by atoms with Gasteiger partial charge in [0.25, 0.3) is 15.7 Å². The lowest BCUT2D eigenvalue weighted by atomic mass is 10.2. The molecule has 1 N–H and O–H groups in total. The minimum absolute atomic E-state index is 0.0271. The average Bonchev–Trinajstić information content (AvgIpc) is 2.78. The van der Waals surface area contributed by atoms with E-state index in [1.54, 1.807) is 42.5 Å². The van der Waals surface area contributed by atoms with Crippen molar-refractivity contribution in [3.05, 3.63) is 101 Å². The van der Waals surface area contributed by atoms with E-state index >= 15 is 0 Å². The van der Waals surface area contributed by atoms with Crippen LogP contribution < -0.4 is 9.62 Å². The lowest BCUT2D eigenvalue weighted by Gasteiger charge is -2.19. The lowest BCUT2D eigenvalue weighted by molar-refractivity contribution is -0.384. The first-order valence-electron chi connectivity index (χ1n) is 9.15. The summed E-state index contributed by atoms with van der Waals surface area (Å²) < 4.78 is 27.0. The Morgan fingerprint density at radius 1 is 1.00 bits per heavy atom. The highest BCUT2D eigenvalue weighted by Crippen LogP contribution is 2.23. The van der Waals surface area contributed by atoms with E-state index in [4.69, 9.17) is 0 Å². The van der Waals surface area contributed by atoms with Gasteiger partial charge in [0.05, 0.1) is 15.5 Å². The summed E-state index contributed by atoms with van der Waals surface area (Å²) in [5.41, 5.74) is 1.22. The largest absolute Gasteiger partial charge is 0.322 e. The Balaban J connectivity index is 1.75. The van der Waals surface area contributed by atoms with Crippen molar-refractivity contribution in [2.75, 3.05) is 16.7 Å². The molecule has 0 fully saturated rings. The molecular weight excluding hydrogens is 418 g/mol. The molecule has 3 aromatic rings. The predicted octanol–water partition coefficient (Wildman–Crippen LogP) is 4.07. The summed E-state index contributed by atoms with van der Waals surface area (Å²) >= 11 is 0. The van der Waals surface area contributed by atoms with Crippen LogP contribution in [0, 0.1) is 10.1 Å². The van der Waals surface area contributed by atoms with Crippen LogP contribution in [0.1, 0.15) is 5.56 Å². The zero-order valence-corrected chi connectivity index (χ0v) is 17.3. The van der Waals surface area contributed by atoms with Crippen molar-refractivity contribution < 1.29 is 18.1 Å². The first-order chi connectivity index (χ1) is 14.8. The number of sulfonamides is 1. The third-order valence-electron chi connectivity index (χ3n) is 4.39. The average molecular weight is 437 g/mol. The van der Waals surface area contributed by atoms with Crippen LogP contribution in [-0.2, 0) is 14.8 Å². The van der Waals surface area contributed by atoms with Crippen molar-refractivity contribution in [1.29, 1.82) is 0 Å². The van der Waals surface area contributed by atoms with Gasteiger partial charge in [0.2, 0.25) is 5.91 Å². The van der Waals surface area contributed by atoms with Gasteiger partial charge in [-0.2, -0.15) is 0 Å². The number of anilines is 2. The van der Waals surface area contributed by atoms with E-state index in [0.717, 1.165) is 4.31 Å². The Bertz CT molecular complexity index is 1240. The maximum Gasteiger partial charge on any atom is 0.270 e. The number of amides is 1. The second-order valence-electron chi connectivity index (χ2n) is 6.51. The fourth-order valence-corrected chi connectivity index (χ4v) is 4.01. The van der Waals surface area contributed by atoms with Crippen molar-refractivity contribution in [3.63, 3.8) is 0 Å². The zero-order chi connectivity index (χ0) is 22.4. The van der Waals surface area contributed by atoms with Gasteiger partial charge in [0.15, 0.2) is 0 Å². The van der Waals surface area contributed by atoms with Crippen molar-refractivity contribution >= 4 is 39.1 Å². The second kappa shape index (κ2) is 9.23. The molecule has 0 heterocycles. The van der Waals surface area contributed by atoms with Crippen molar-refractivity contribution in [1.82, 2.24) is 0 Å². The molecule has 0 unspecified atom stereocenters. The molecule has 0 saturated carbocycles. The van der Waals surface area contributed by atoms with Gasteiger partial charge in [-0.15, -0.1) is 0 Å². The van der Waals surface area contributed by atoms with E-state index in [1.165, 1.54) is 55.6 Å². The Morgan fingerprint density at radius 2 is 1.71 bits per heavy atom. The number of non-ortho nitro benzene ring substituents is 1. The minimum atomic E-state index is -3.82. The fourth-order valence-electron chi connectivity index (χ4n) is 2.77. The molecule has 0 radical (unpaired) electrons. The van der Waals surface area contributed by atoms with Crippen LogP contribution in [0.4, 0.5) is 17.1 Å². The number of nitro benzene ring substituents is 1. The van der Waals surface area contributed by atoms with Crippen LogP contribution in [0.2, 0.25) is 0 Å². The molecule has 0 aliphatic heterocycles. The van der Waals surface area contributed by atoms with E-state index in [1.807, 2.05) is 0 Å². The number of hydrogen-bond donors (Lipinski definition) is 1. The summed E-state index contributed by atoms with van der Waals surface area (Å²) in [5.74, 6) is -0.502. The first-order valence-corrected chi connectivity index (χ1v) is 10.6. The Kier molecular flexibility index (Phi) is 6.46. The summed E-state index contributed by atoms with van der Waals surface area (Å²) in [7, 11) is -2.36. The van der Waals surface area contributed by atoms with Crippen LogP contribution in [-0.4, -0.2) is 26.3 Å². The van der Waals surface area contributed by atoms with Crippen molar-refractivity contribution in [3.8, 4) is 0 Å². The molecule has 3 rings (SSSR count). The molecule has 0 saturated heterocycles. The normalized spacial score (nSPS) is 11.3. The van der Waals surface area contributed by atoms with E-state index in [-0.39, 0.29) is 10.6 Å². The molecule has 9 heteroatoms. The summed E-state index contributed by atoms with van der Waals surface area (Å²) in [4.78, 5) is 22.6. The van der Waals surface area contributed by atoms with Gasteiger partial charge in [-0.1, -0.05) is 36.4 Å². The van der Waals surface area contributed by atoms with Crippen molar-refractivity contribution in [2.24, 2.45) is 0 Å². The third-order valence-corrected chi connectivity index (χ3v) is 6.17. The molecule has 0 aliphatic rings. The Labute approximate surface area is 179 Å². The maximum absolute atomic E-state index is 12.9. The Hall–Kier alpha value is -3.98. The molecule has 31 heavy (non-hydrogen) atoms. The van der Waals surface area contributed by atoms with E-state index in [9.17, 15) is 23.3 Å². The standard InChI is InChI=1S/C22H19N3O5S/c1-24(19-9-3-2-4-10-19)31(29,30)21-12-6-8-18(16-21)23-22(26)14-13-17-7-5-11-20(15-17)25(27)28/h2-16H,1H3,(H,23,26)/b14-13+. The van der Waals surface area contributed by atoms with Gasteiger partial charge < -0.3 is 5.32 Å². The number of para-hydroxylation sites is 1. The van der Waals surface area contributed by atoms with Crippen LogP contribution in [0.15, 0.2) is 89.8 Å². The first kappa shape index (κ1) is 21.7. The molecule has 0 aromatic heterocycles. The predicted molar refractivity (Wildman–Crippen MR) is 119 cm³/mol. The summed E-state index contributed by atoms with van der Waals surface area (Å²) in [6, 6.07) is 20.4. The molecule has 158 valence electrons. The van der Waals surface area contributed by atoms with E-state index in [2.05, 4.69) is 5.32 Å². The summed E-state index contributed by atoms with van der Waals surface area (Å²) in [6.45, 7) is 0. The molecule has 1 amide bonds. The highest BCUT2D eigenvalue weighted by atomic mass is 32.2. The van der Waals surface area contributed by atoms with E-state index in [0.29, 0.717) is 16.9 Å². The van der Waals surface area contributed by atoms with Gasteiger partial charge in [0.1, 0.15) is 0 Å². The smallest absolute Gasteiger partial charge is 0.270 e. The second-order valence-corrected chi connectivity index (χ2v) is 8.48. The highest BCUT2D eigenvalue weighted by molar-refractivity contribution is 7.92. The molecule has 0 atom stereocenters. The molecular formula is C22H19N3O5S. The number of rotatable bonds is 7. The maximum atomic E-state index is 12.9. The van der Waals surface area contributed by atoms with Crippen molar-refractivity contribution in [2.45, 2.75) is 4.90 Å². The third kappa shape index (κ3) is 5.34. The zero-order valence-electron chi connectivity index (χ0n) is 16.5. The quantitative estimate of drug-likeness (QED) is 0.340. The SMILES string of the molecule is CN(c1ccccc1)S(=O)(=O)c1cccc(NC(=O)/C=C/c2cccc([N+](=O)[O-])c2)c1. The van der Waals surface area contributed by atoms with E-state index < -0.39 is 20.9 Å². The monoisotopic (exact) mass is 437 g/mol.